The average Bonchev–Trinajstić information content (AvgIpc) is 3.31. The molecule has 0 bridgehead atoms. The van der Waals surface area contributed by atoms with E-state index >= 15 is 0 Å². The number of benzene rings is 1. The Morgan fingerprint density at radius 3 is 2.65 bits per heavy atom. The summed E-state index contributed by atoms with van der Waals surface area (Å²) in [6.07, 6.45) is 2.34. The molecule has 1 fully saturated rings. The number of hydrogen-bond acceptors (Lipinski definition) is 4. The van der Waals surface area contributed by atoms with E-state index in [0.717, 1.165) is 22.2 Å². The van der Waals surface area contributed by atoms with E-state index in [-0.39, 0.29) is 0 Å². The van der Waals surface area contributed by atoms with Crippen LogP contribution in [0.1, 0.15) is 30.1 Å². The first kappa shape index (κ1) is 13.2. The van der Waals surface area contributed by atoms with Gasteiger partial charge in [-0.3, -0.25) is 0 Å². The van der Waals surface area contributed by atoms with Crippen molar-refractivity contribution in [2.45, 2.75) is 25.3 Å². The SMILES string of the molecule is COc1cc(NCc2ccc(Cl)cc2)nc(C2CC2)n1. The van der Waals surface area contributed by atoms with Crippen LogP contribution in [-0.2, 0) is 6.54 Å². The fourth-order valence-electron chi connectivity index (χ4n) is 1.96. The minimum atomic E-state index is 0.501. The standard InChI is InChI=1S/C15H16ClN3O/c1-20-14-8-13(18-15(19-14)11-4-5-11)17-9-10-2-6-12(16)7-3-10/h2-3,6-8,11H,4-5,9H2,1H3,(H,17,18,19). The van der Waals surface area contributed by atoms with Gasteiger partial charge in [0.15, 0.2) is 0 Å². The Bertz CT molecular complexity index is 597. The molecule has 0 aliphatic heterocycles. The Morgan fingerprint density at radius 2 is 2.00 bits per heavy atom. The second-order valence-corrected chi connectivity index (χ2v) is 5.34. The maximum Gasteiger partial charge on any atom is 0.218 e. The predicted octanol–water partition coefficient (Wildman–Crippen LogP) is 3.63. The van der Waals surface area contributed by atoms with E-state index in [1.54, 1.807) is 7.11 Å². The van der Waals surface area contributed by atoms with Crippen molar-refractivity contribution in [1.29, 1.82) is 0 Å². The minimum Gasteiger partial charge on any atom is -0.481 e. The van der Waals surface area contributed by atoms with Crippen molar-refractivity contribution >= 4 is 17.4 Å². The highest BCUT2D eigenvalue weighted by molar-refractivity contribution is 6.30. The number of anilines is 1. The summed E-state index contributed by atoms with van der Waals surface area (Å²) in [7, 11) is 1.63. The van der Waals surface area contributed by atoms with Crippen molar-refractivity contribution in [2.24, 2.45) is 0 Å². The Kier molecular flexibility index (Phi) is 3.74. The van der Waals surface area contributed by atoms with Gasteiger partial charge in [0, 0.05) is 23.6 Å². The molecule has 0 spiro atoms. The van der Waals surface area contributed by atoms with Gasteiger partial charge in [0.2, 0.25) is 5.88 Å². The van der Waals surface area contributed by atoms with Gasteiger partial charge in [-0.2, -0.15) is 4.98 Å². The van der Waals surface area contributed by atoms with E-state index < -0.39 is 0 Å². The first-order valence-corrected chi connectivity index (χ1v) is 7.03. The van der Waals surface area contributed by atoms with Crippen molar-refractivity contribution in [3.63, 3.8) is 0 Å². The van der Waals surface area contributed by atoms with E-state index in [4.69, 9.17) is 16.3 Å². The summed E-state index contributed by atoms with van der Waals surface area (Å²) >= 11 is 5.87. The van der Waals surface area contributed by atoms with Crippen LogP contribution in [0.2, 0.25) is 5.02 Å². The Morgan fingerprint density at radius 1 is 1.25 bits per heavy atom. The molecule has 1 aromatic heterocycles. The monoisotopic (exact) mass is 289 g/mol. The van der Waals surface area contributed by atoms with Crippen molar-refractivity contribution in [3.8, 4) is 5.88 Å². The van der Waals surface area contributed by atoms with Gasteiger partial charge >= 0.3 is 0 Å². The van der Waals surface area contributed by atoms with Gasteiger partial charge in [-0.05, 0) is 30.5 Å². The van der Waals surface area contributed by atoms with Crippen LogP contribution in [0.3, 0.4) is 0 Å². The van der Waals surface area contributed by atoms with Gasteiger partial charge in [-0.15, -0.1) is 0 Å². The lowest BCUT2D eigenvalue weighted by Crippen LogP contribution is -2.05. The molecule has 4 nitrogen and oxygen atoms in total. The summed E-state index contributed by atoms with van der Waals surface area (Å²) in [6, 6.07) is 9.58. The smallest absolute Gasteiger partial charge is 0.218 e. The summed E-state index contributed by atoms with van der Waals surface area (Å²) in [5, 5.41) is 4.05. The highest BCUT2D eigenvalue weighted by Gasteiger charge is 2.27. The summed E-state index contributed by atoms with van der Waals surface area (Å²) in [6.45, 7) is 0.696. The number of nitrogens with zero attached hydrogens (tertiary/aromatic N) is 2. The summed E-state index contributed by atoms with van der Waals surface area (Å²) in [4.78, 5) is 8.94. The van der Waals surface area contributed by atoms with Gasteiger partial charge in [-0.1, -0.05) is 23.7 Å². The van der Waals surface area contributed by atoms with E-state index in [1.807, 2.05) is 30.3 Å². The maximum absolute atomic E-state index is 5.87. The Labute approximate surface area is 123 Å². The fourth-order valence-corrected chi connectivity index (χ4v) is 2.08. The van der Waals surface area contributed by atoms with Crippen LogP contribution < -0.4 is 10.1 Å². The van der Waals surface area contributed by atoms with Crippen LogP contribution in [0.4, 0.5) is 5.82 Å². The molecule has 0 saturated heterocycles. The molecule has 0 radical (unpaired) electrons. The zero-order valence-electron chi connectivity index (χ0n) is 11.3. The van der Waals surface area contributed by atoms with E-state index in [1.165, 1.54) is 12.8 Å². The Hall–Kier alpha value is -1.81. The molecule has 1 heterocycles. The molecule has 1 N–H and O–H groups in total. The van der Waals surface area contributed by atoms with E-state index in [0.29, 0.717) is 18.3 Å². The molecule has 0 unspecified atom stereocenters. The molecule has 5 heteroatoms. The molecule has 104 valence electrons. The minimum absolute atomic E-state index is 0.501. The molecule has 0 amide bonds. The zero-order chi connectivity index (χ0) is 13.9. The quantitative estimate of drug-likeness (QED) is 0.913. The van der Waals surface area contributed by atoms with E-state index in [2.05, 4.69) is 15.3 Å². The van der Waals surface area contributed by atoms with E-state index in [9.17, 15) is 0 Å². The zero-order valence-corrected chi connectivity index (χ0v) is 12.0. The highest BCUT2D eigenvalue weighted by atomic mass is 35.5. The first-order valence-electron chi connectivity index (χ1n) is 6.66. The predicted molar refractivity (Wildman–Crippen MR) is 79.3 cm³/mol. The second-order valence-electron chi connectivity index (χ2n) is 4.91. The van der Waals surface area contributed by atoms with Gasteiger partial charge < -0.3 is 10.1 Å². The first-order chi connectivity index (χ1) is 9.74. The van der Waals surface area contributed by atoms with Gasteiger partial charge in [0.25, 0.3) is 0 Å². The molecule has 1 aliphatic carbocycles. The van der Waals surface area contributed by atoms with Gasteiger partial charge in [-0.25, -0.2) is 4.98 Å². The second kappa shape index (κ2) is 5.67. The van der Waals surface area contributed by atoms with Crippen molar-refractivity contribution in [2.75, 3.05) is 12.4 Å². The summed E-state index contributed by atoms with van der Waals surface area (Å²) < 4.78 is 5.23. The lowest BCUT2D eigenvalue weighted by Gasteiger charge is -2.09. The maximum atomic E-state index is 5.87. The van der Waals surface area contributed by atoms with Crippen LogP contribution >= 0.6 is 11.6 Å². The normalized spacial score (nSPS) is 14.1. The third-order valence-electron chi connectivity index (χ3n) is 3.26. The fraction of sp³-hybridized carbons (Fsp3) is 0.333. The van der Waals surface area contributed by atoms with Crippen LogP contribution in [0.5, 0.6) is 5.88 Å². The largest absolute Gasteiger partial charge is 0.481 e. The van der Waals surface area contributed by atoms with Gasteiger partial charge in [0.1, 0.15) is 11.6 Å². The number of methoxy groups -OCH3 is 1. The molecule has 1 saturated carbocycles. The van der Waals surface area contributed by atoms with Crippen molar-refractivity contribution < 1.29 is 4.74 Å². The highest BCUT2D eigenvalue weighted by Crippen LogP contribution is 2.39. The molecule has 0 atom stereocenters. The number of hydrogen-bond donors (Lipinski definition) is 1. The number of nitrogens with one attached hydrogen (secondary N) is 1. The third kappa shape index (κ3) is 3.20. The topological polar surface area (TPSA) is 47.0 Å². The Balaban J connectivity index is 1.72. The average molecular weight is 290 g/mol. The van der Waals surface area contributed by atoms with Crippen molar-refractivity contribution in [3.05, 3.63) is 46.7 Å². The van der Waals surface area contributed by atoms with Crippen LogP contribution in [0.25, 0.3) is 0 Å². The van der Waals surface area contributed by atoms with Crippen LogP contribution in [-0.4, -0.2) is 17.1 Å². The number of ether oxygens (including phenoxy) is 1. The third-order valence-corrected chi connectivity index (χ3v) is 3.51. The molecular formula is C15H16ClN3O. The summed E-state index contributed by atoms with van der Waals surface area (Å²) in [5.74, 6) is 2.79. The molecule has 3 rings (SSSR count). The number of aromatic nitrogens is 2. The van der Waals surface area contributed by atoms with Crippen molar-refractivity contribution in [1.82, 2.24) is 9.97 Å². The summed E-state index contributed by atoms with van der Waals surface area (Å²) in [5.41, 5.74) is 1.15. The number of rotatable bonds is 5. The molecule has 1 aromatic carbocycles. The molecule has 2 aromatic rings. The van der Waals surface area contributed by atoms with Crippen LogP contribution in [0, 0.1) is 0 Å². The molecular weight excluding hydrogens is 274 g/mol. The number of halogens is 1. The van der Waals surface area contributed by atoms with Crippen LogP contribution in [0.15, 0.2) is 30.3 Å². The molecule has 20 heavy (non-hydrogen) atoms. The lowest BCUT2D eigenvalue weighted by atomic mass is 10.2. The molecule has 1 aliphatic rings. The van der Waals surface area contributed by atoms with Gasteiger partial charge in [0.05, 0.1) is 7.11 Å². The lowest BCUT2D eigenvalue weighted by molar-refractivity contribution is 0.395.